The SMILES string of the molecule is Cc1cc2[nH]c(=O)c3cnn(C4CCCCCC4)c3c2cc1C(=O)NCC1(N2CCCC2)CCCCC1. The first kappa shape index (κ1) is 24.7. The molecule has 1 saturated heterocycles. The molecule has 1 amide bonds. The quantitative estimate of drug-likeness (QED) is 0.443. The summed E-state index contributed by atoms with van der Waals surface area (Å²) in [5.74, 6) is -0.0107. The van der Waals surface area contributed by atoms with Crippen molar-refractivity contribution < 1.29 is 4.79 Å². The fraction of sp³-hybridized carbons (Fsp3) is 0.633. The van der Waals surface area contributed by atoms with Gasteiger partial charge in [0, 0.05) is 23.0 Å². The molecule has 0 atom stereocenters. The summed E-state index contributed by atoms with van der Waals surface area (Å²) in [4.78, 5) is 32.3. The van der Waals surface area contributed by atoms with Gasteiger partial charge in [-0.1, -0.05) is 44.9 Å². The molecule has 2 aliphatic carbocycles. The number of fused-ring (bicyclic) bond motifs is 3. The molecule has 1 aromatic carbocycles. The van der Waals surface area contributed by atoms with Crippen LogP contribution in [0.4, 0.5) is 0 Å². The summed E-state index contributed by atoms with van der Waals surface area (Å²) in [6.07, 6.45) is 17.5. The normalized spacial score (nSPS) is 21.4. The van der Waals surface area contributed by atoms with E-state index in [1.807, 2.05) is 19.1 Å². The van der Waals surface area contributed by atoms with Crippen molar-refractivity contribution in [2.45, 2.75) is 102 Å². The fourth-order valence-electron chi connectivity index (χ4n) is 7.36. The number of carbonyl (C=O) groups is 1. The molecule has 0 bridgehead atoms. The van der Waals surface area contributed by atoms with Crippen molar-refractivity contribution in [1.82, 2.24) is 25.0 Å². The number of carbonyl (C=O) groups excluding carboxylic acids is 1. The molecule has 0 spiro atoms. The molecule has 0 unspecified atom stereocenters. The molecular weight excluding hydrogens is 462 g/mol. The Labute approximate surface area is 219 Å². The van der Waals surface area contributed by atoms with Gasteiger partial charge in [0.15, 0.2) is 0 Å². The Bertz CT molecular complexity index is 1340. The molecule has 3 aromatic rings. The second kappa shape index (κ2) is 10.2. The smallest absolute Gasteiger partial charge is 0.259 e. The second-order valence-electron chi connectivity index (χ2n) is 11.8. The highest BCUT2D eigenvalue weighted by atomic mass is 16.1. The van der Waals surface area contributed by atoms with E-state index in [4.69, 9.17) is 5.10 Å². The highest BCUT2D eigenvalue weighted by molar-refractivity contribution is 6.07. The largest absolute Gasteiger partial charge is 0.350 e. The molecule has 3 aliphatic rings. The van der Waals surface area contributed by atoms with Crippen molar-refractivity contribution in [3.05, 3.63) is 39.8 Å². The fourth-order valence-corrected chi connectivity index (χ4v) is 7.36. The third kappa shape index (κ3) is 4.60. The van der Waals surface area contributed by atoms with Gasteiger partial charge in [0.25, 0.3) is 11.5 Å². The van der Waals surface area contributed by atoms with Crippen molar-refractivity contribution in [3.63, 3.8) is 0 Å². The molecule has 3 heterocycles. The molecule has 37 heavy (non-hydrogen) atoms. The molecule has 2 aromatic heterocycles. The number of amides is 1. The molecule has 7 nitrogen and oxygen atoms in total. The number of hydrogen-bond donors (Lipinski definition) is 2. The zero-order chi connectivity index (χ0) is 25.4. The lowest BCUT2D eigenvalue weighted by Gasteiger charge is -2.45. The summed E-state index contributed by atoms with van der Waals surface area (Å²) in [7, 11) is 0. The molecular formula is C30H41N5O2. The molecule has 7 heteroatoms. The number of aromatic amines is 1. The van der Waals surface area contributed by atoms with Gasteiger partial charge < -0.3 is 10.3 Å². The Morgan fingerprint density at radius 2 is 1.70 bits per heavy atom. The maximum Gasteiger partial charge on any atom is 0.259 e. The first-order valence-electron chi connectivity index (χ1n) is 14.6. The Balaban J connectivity index is 1.35. The number of aryl methyl sites for hydroxylation is 1. The van der Waals surface area contributed by atoms with E-state index in [0.29, 0.717) is 23.5 Å². The number of rotatable bonds is 5. The molecule has 2 N–H and O–H groups in total. The van der Waals surface area contributed by atoms with E-state index in [1.54, 1.807) is 6.20 Å². The van der Waals surface area contributed by atoms with Gasteiger partial charge in [-0.25, -0.2) is 0 Å². The van der Waals surface area contributed by atoms with E-state index >= 15 is 0 Å². The predicted octanol–water partition coefficient (Wildman–Crippen LogP) is 5.61. The van der Waals surface area contributed by atoms with Crippen molar-refractivity contribution in [2.75, 3.05) is 19.6 Å². The summed E-state index contributed by atoms with van der Waals surface area (Å²) in [6, 6.07) is 4.26. The van der Waals surface area contributed by atoms with Crippen LogP contribution >= 0.6 is 0 Å². The summed E-state index contributed by atoms with van der Waals surface area (Å²) < 4.78 is 2.08. The lowest BCUT2D eigenvalue weighted by atomic mass is 9.80. The number of likely N-dealkylation sites (tertiary alicyclic amines) is 1. The van der Waals surface area contributed by atoms with Crippen molar-refractivity contribution in [2.24, 2.45) is 0 Å². The van der Waals surface area contributed by atoms with Crippen LogP contribution in [0.2, 0.25) is 0 Å². The van der Waals surface area contributed by atoms with Crippen molar-refractivity contribution in [3.8, 4) is 0 Å². The van der Waals surface area contributed by atoms with Gasteiger partial charge in [-0.15, -0.1) is 0 Å². The van der Waals surface area contributed by atoms with Crippen LogP contribution in [0.5, 0.6) is 0 Å². The van der Waals surface area contributed by atoms with Crippen molar-refractivity contribution >= 4 is 27.7 Å². The standard InChI is InChI=1S/C30H41N5O2/c1-21-17-26-24(27-25(29(37)33-26)19-32-35(27)22-11-5-2-3-6-12-22)18-23(21)28(36)31-20-30(13-7-4-8-14-30)34-15-9-10-16-34/h17-19,22H,2-16,20H2,1H3,(H,31,36)(H,33,37). The Hall–Kier alpha value is -2.67. The maximum absolute atomic E-state index is 13.7. The zero-order valence-corrected chi connectivity index (χ0v) is 22.3. The van der Waals surface area contributed by atoms with E-state index < -0.39 is 0 Å². The van der Waals surface area contributed by atoms with Crippen LogP contribution in [0.25, 0.3) is 21.8 Å². The van der Waals surface area contributed by atoms with Crippen molar-refractivity contribution in [1.29, 1.82) is 0 Å². The summed E-state index contributed by atoms with van der Waals surface area (Å²) >= 11 is 0. The average molecular weight is 504 g/mol. The first-order valence-corrected chi connectivity index (χ1v) is 14.6. The van der Waals surface area contributed by atoms with E-state index in [-0.39, 0.29) is 17.0 Å². The van der Waals surface area contributed by atoms with Gasteiger partial charge in [-0.05, 0) is 76.2 Å². The van der Waals surface area contributed by atoms with Gasteiger partial charge in [0.05, 0.1) is 28.7 Å². The Kier molecular flexibility index (Phi) is 6.82. The molecule has 3 fully saturated rings. The third-order valence-corrected chi connectivity index (χ3v) is 9.46. The van der Waals surface area contributed by atoms with Gasteiger partial charge in [0.1, 0.15) is 0 Å². The summed E-state index contributed by atoms with van der Waals surface area (Å²) in [5, 5.41) is 9.60. The number of hydrogen-bond acceptors (Lipinski definition) is 4. The number of H-pyrrole nitrogens is 1. The van der Waals surface area contributed by atoms with Crippen LogP contribution in [0.1, 0.15) is 105 Å². The lowest BCUT2D eigenvalue weighted by Crippen LogP contribution is -2.55. The number of pyridine rings is 1. The molecule has 198 valence electrons. The predicted molar refractivity (Wildman–Crippen MR) is 148 cm³/mol. The highest BCUT2D eigenvalue weighted by Crippen LogP contribution is 2.36. The minimum atomic E-state index is -0.108. The van der Waals surface area contributed by atoms with Gasteiger partial charge >= 0.3 is 0 Å². The van der Waals surface area contributed by atoms with E-state index in [2.05, 4.69) is 19.9 Å². The van der Waals surface area contributed by atoms with E-state index in [9.17, 15) is 9.59 Å². The zero-order valence-electron chi connectivity index (χ0n) is 22.3. The Morgan fingerprint density at radius 1 is 1.00 bits per heavy atom. The number of nitrogens with one attached hydrogen (secondary N) is 2. The minimum Gasteiger partial charge on any atom is -0.350 e. The van der Waals surface area contributed by atoms with Gasteiger partial charge in [-0.2, -0.15) is 5.10 Å². The number of aromatic nitrogens is 3. The van der Waals surface area contributed by atoms with Crippen LogP contribution < -0.4 is 10.9 Å². The summed E-state index contributed by atoms with van der Waals surface area (Å²) in [5.41, 5.74) is 3.24. The van der Waals surface area contributed by atoms with E-state index in [0.717, 1.165) is 47.9 Å². The Morgan fingerprint density at radius 3 is 2.43 bits per heavy atom. The van der Waals surface area contributed by atoms with Crippen LogP contribution in [0.3, 0.4) is 0 Å². The van der Waals surface area contributed by atoms with Crippen LogP contribution in [-0.2, 0) is 0 Å². The van der Waals surface area contributed by atoms with Gasteiger partial charge in [-0.3, -0.25) is 19.2 Å². The lowest BCUT2D eigenvalue weighted by molar-refractivity contribution is 0.0652. The number of nitrogens with zero attached hydrogens (tertiary/aromatic N) is 3. The van der Waals surface area contributed by atoms with Gasteiger partial charge in [0.2, 0.25) is 0 Å². The summed E-state index contributed by atoms with van der Waals surface area (Å²) in [6.45, 7) is 4.99. The monoisotopic (exact) mass is 503 g/mol. The second-order valence-corrected chi connectivity index (χ2v) is 11.8. The third-order valence-electron chi connectivity index (χ3n) is 9.46. The highest BCUT2D eigenvalue weighted by Gasteiger charge is 2.39. The molecule has 2 saturated carbocycles. The van der Waals surface area contributed by atoms with Crippen LogP contribution in [0.15, 0.2) is 23.1 Å². The van der Waals surface area contributed by atoms with Crippen LogP contribution in [0, 0.1) is 6.92 Å². The first-order chi connectivity index (χ1) is 18.1. The molecule has 0 radical (unpaired) electrons. The molecule has 1 aliphatic heterocycles. The molecule has 6 rings (SSSR count). The minimum absolute atomic E-state index is 0.0107. The van der Waals surface area contributed by atoms with E-state index in [1.165, 1.54) is 70.6 Å². The van der Waals surface area contributed by atoms with Crippen LogP contribution in [-0.4, -0.2) is 50.7 Å². The number of benzene rings is 1. The topological polar surface area (TPSA) is 83.0 Å². The maximum atomic E-state index is 13.7. The average Bonchev–Trinajstić information content (AvgIpc) is 3.54.